The molecule has 0 unspecified atom stereocenters. The van der Waals surface area contributed by atoms with Crippen LogP contribution in [0.5, 0.6) is 0 Å². The summed E-state index contributed by atoms with van der Waals surface area (Å²) in [5, 5.41) is 9.33. The van der Waals surface area contributed by atoms with Crippen molar-refractivity contribution in [2.45, 2.75) is 24.7 Å². The summed E-state index contributed by atoms with van der Waals surface area (Å²) in [4.78, 5) is 11.0. The van der Waals surface area contributed by atoms with E-state index < -0.39 is 21.9 Å². The smallest absolute Gasteiger partial charge is 0.306 e. The molecule has 20 heavy (non-hydrogen) atoms. The van der Waals surface area contributed by atoms with Crippen LogP contribution >= 0.6 is 11.6 Å². The van der Waals surface area contributed by atoms with Crippen LogP contribution < -0.4 is 0 Å². The van der Waals surface area contributed by atoms with Crippen LogP contribution in [-0.2, 0) is 14.8 Å². The molecule has 1 aliphatic heterocycles. The SMILES string of the molecule is Cc1ccc(S(=O)(=O)N2CCC(C(=O)O)CC2)cc1Cl. The second-order valence-electron chi connectivity index (χ2n) is 4.93. The Balaban J connectivity index is 2.19. The highest BCUT2D eigenvalue weighted by Crippen LogP contribution is 2.26. The lowest BCUT2D eigenvalue weighted by atomic mass is 9.99. The van der Waals surface area contributed by atoms with E-state index in [1.807, 2.05) is 0 Å². The number of carboxylic acid groups (broad SMARTS) is 1. The van der Waals surface area contributed by atoms with E-state index in [1.54, 1.807) is 13.0 Å². The maximum atomic E-state index is 12.4. The van der Waals surface area contributed by atoms with Crippen molar-refractivity contribution < 1.29 is 18.3 Å². The van der Waals surface area contributed by atoms with Gasteiger partial charge in [-0.2, -0.15) is 4.31 Å². The van der Waals surface area contributed by atoms with Crippen LogP contribution in [0, 0.1) is 12.8 Å². The Kier molecular flexibility index (Phi) is 4.36. The fraction of sp³-hybridized carbons (Fsp3) is 0.462. The minimum atomic E-state index is -3.59. The van der Waals surface area contributed by atoms with Gasteiger partial charge < -0.3 is 5.11 Å². The van der Waals surface area contributed by atoms with Gasteiger partial charge in [-0.3, -0.25) is 4.79 Å². The number of aryl methyl sites for hydroxylation is 1. The lowest BCUT2D eigenvalue weighted by molar-refractivity contribution is -0.142. The monoisotopic (exact) mass is 317 g/mol. The molecule has 1 fully saturated rings. The van der Waals surface area contributed by atoms with Crippen molar-refractivity contribution >= 4 is 27.6 Å². The molecular weight excluding hydrogens is 302 g/mol. The summed E-state index contributed by atoms with van der Waals surface area (Å²) >= 11 is 5.96. The van der Waals surface area contributed by atoms with E-state index in [-0.39, 0.29) is 18.0 Å². The quantitative estimate of drug-likeness (QED) is 0.926. The lowest BCUT2D eigenvalue weighted by Gasteiger charge is -2.29. The zero-order chi connectivity index (χ0) is 14.9. The van der Waals surface area contributed by atoms with Crippen molar-refractivity contribution in [2.24, 2.45) is 5.92 Å². The summed E-state index contributed by atoms with van der Waals surface area (Å²) in [5.74, 6) is -1.32. The summed E-state index contributed by atoms with van der Waals surface area (Å²) in [6.45, 7) is 2.26. The molecular formula is C13H16ClNO4S. The van der Waals surface area contributed by atoms with Gasteiger partial charge in [-0.25, -0.2) is 8.42 Å². The second-order valence-corrected chi connectivity index (χ2v) is 7.27. The van der Waals surface area contributed by atoms with Crippen LogP contribution in [0.4, 0.5) is 0 Å². The normalized spacial score (nSPS) is 18.1. The Morgan fingerprint density at radius 3 is 2.45 bits per heavy atom. The van der Waals surface area contributed by atoms with E-state index in [0.29, 0.717) is 17.9 Å². The largest absolute Gasteiger partial charge is 0.481 e. The van der Waals surface area contributed by atoms with Crippen LogP contribution in [0.15, 0.2) is 23.1 Å². The summed E-state index contributed by atoms with van der Waals surface area (Å²) in [5.41, 5.74) is 0.815. The molecule has 2 rings (SSSR count). The van der Waals surface area contributed by atoms with Gasteiger partial charge in [-0.05, 0) is 37.5 Å². The number of halogens is 1. The van der Waals surface area contributed by atoms with E-state index in [0.717, 1.165) is 5.56 Å². The van der Waals surface area contributed by atoms with Gasteiger partial charge in [0.2, 0.25) is 10.0 Å². The first-order chi connectivity index (χ1) is 9.32. The molecule has 1 heterocycles. The van der Waals surface area contributed by atoms with Gasteiger partial charge in [0, 0.05) is 18.1 Å². The highest BCUT2D eigenvalue weighted by molar-refractivity contribution is 7.89. The van der Waals surface area contributed by atoms with E-state index in [1.165, 1.54) is 16.4 Å². The van der Waals surface area contributed by atoms with E-state index in [9.17, 15) is 13.2 Å². The Bertz CT molecular complexity index is 621. The van der Waals surface area contributed by atoms with Gasteiger partial charge in [-0.1, -0.05) is 17.7 Å². The number of sulfonamides is 1. The predicted molar refractivity (Wildman–Crippen MR) is 75.3 cm³/mol. The lowest BCUT2D eigenvalue weighted by Crippen LogP contribution is -2.40. The molecule has 0 spiro atoms. The van der Waals surface area contributed by atoms with Gasteiger partial charge in [0.1, 0.15) is 0 Å². The van der Waals surface area contributed by atoms with Crippen LogP contribution in [0.2, 0.25) is 5.02 Å². The first kappa shape index (κ1) is 15.3. The first-order valence-corrected chi connectivity index (χ1v) is 8.13. The molecule has 0 aliphatic carbocycles. The zero-order valence-electron chi connectivity index (χ0n) is 11.0. The summed E-state index contributed by atoms with van der Waals surface area (Å²) in [7, 11) is -3.59. The minimum absolute atomic E-state index is 0.155. The van der Waals surface area contributed by atoms with Gasteiger partial charge in [-0.15, -0.1) is 0 Å². The fourth-order valence-corrected chi connectivity index (χ4v) is 3.97. The molecule has 1 aromatic carbocycles. The van der Waals surface area contributed by atoms with Gasteiger partial charge in [0.15, 0.2) is 0 Å². The van der Waals surface area contributed by atoms with Gasteiger partial charge in [0.25, 0.3) is 0 Å². The molecule has 0 saturated carbocycles. The van der Waals surface area contributed by atoms with Crippen LogP contribution in [-0.4, -0.2) is 36.9 Å². The highest BCUT2D eigenvalue weighted by atomic mass is 35.5. The molecule has 0 radical (unpaired) electrons. The number of hydrogen-bond acceptors (Lipinski definition) is 3. The summed E-state index contributed by atoms with van der Waals surface area (Å²) in [6, 6.07) is 4.63. The molecule has 1 saturated heterocycles. The minimum Gasteiger partial charge on any atom is -0.481 e. The number of benzene rings is 1. The second kappa shape index (κ2) is 5.71. The summed E-state index contributed by atoms with van der Waals surface area (Å²) in [6.07, 6.45) is 0.683. The molecule has 1 aromatic rings. The van der Waals surface area contributed by atoms with Crippen LogP contribution in [0.25, 0.3) is 0 Å². The molecule has 5 nitrogen and oxygen atoms in total. The van der Waals surface area contributed by atoms with Crippen LogP contribution in [0.1, 0.15) is 18.4 Å². The number of aliphatic carboxylic acids is 1. The van der Waals surface area contributed by atoms with E-state index in [2.05, 4.69) is 0 Å². The highest BCUT2D eigenvalue weighted by Gasteiger charge is 2.32. The Morgan fingerprint density at radius 2 is 1.95 bits per heavy atom. The number of rotatable bonds is 3. The third-order valence-corrected chi connectivity index (χ3v) is 5.89. The topological polar surface area (TPSA) is 74.7 Å². The number of hydrogen-bond donors (Lipinski definition) is 1. The number of nitrogens with zero attached hydrogens (tertiary/aromatic N) is 1. The van der Waals surface area contributed by atoms with E-state index >= 15 is 0 Å². The third kappa shape index (κ3) is 2.97. The molecule has 0 atom stereocenters. The number of piperidine rings is 1. The molecule has 110 valence electrons. The van der Waals surface area contributed by atoms with Crippen LogP contribution in [0.3, 0.4) is 0 Å². The van der Waals surface area contributed by atoms with Crippen molar-refractivity contribution in [1.82, 2.24) is 4.31 Å². The average Bonchev–Trinajstić information content (AvgIpc) is 2.41. The predicted octanol–water partition coefficient (Wildman–Crippen LogP) is 2.13. The fourth-order valence-electron chi connectivity index (χ4n) is 2.23. The number of carboxylic acids is 1. The standard InChI is InChI=1S/C13H16ClNO4S/c1-9-2-3-11(8-12(9)14)20(18,19)15-6-4-10(5-7-15)13(16)17/h2-3,8,10H,4-7H2,1H3,(H,16,17). The third-order valence-electron chi connectivity index (χ3n) is 3.58. The Labute approximate surface area is 123 Å². The summed E-state index contributed by atoms with van der Waals surface area (Å²) < 4.78 is 26.2. The van der Waals surface area contributed by atoms with Gasteiger partial charge >= 0.3 is 5.97 Å². The zero-order valence-corrected chi connectivity index (χ0v) is 12.6. The Hall–Kier alpha value is -1.11. The van der Waals surface area contributed by atoms with Gasteiger partial charge in [0.05, 0.1) is 10.8 Å². The van der Waals surface area contributed by atoms with Crippen molar-refractivity contribution in [3.05, 3.63) is 28.8 Å². The Morgan fingerprint density at radius 1 is 1.35 bits per heavy atom. The maximum absolute atomic E-state index is 12.4. The molecule has 0 amide bonds. The molecule has 1 aliphatic rings. The van der Waals surface area contributed by atoms with E-state index in [4.69, 9.17) is 16.7 Å². The maximum Gasteiger partial charge on any atom is 0.306 e. The molecule has 0 aromatic heterocycles. The average molecular weight is 318 g/mol. The molecule has 0 bridgehead atoms. The first-order valence-electron chi connectivity index (χ1n) is 6.31. The van der Waals surface area contributed by atoms with Crippen molar-refractivity contribution in [2.75, 3.05) is 13.1 Å². The molecule has 7 heteroatoms. The molecule has 1 N–H and O–H groups in total. The van der Waals surface area contributed by atoms with Crippen molar-refractivity contribution in [1.29, 1.82) is 0 Å². The van der Waals surface area contributed by atoms with Crippen molar-refractivity contribution in [3.8, 4) is 0 Å². The number of carbonyl (C=O) groups is 1. The van der Waals surface area contributed by atoms with Crippen molar-refractivity contribution in [3.63, 3.8) is 0 Å².